The molecule has 2 nitrogen and oxygen atoms in total. The lowest BCUT2D eigenvalue weighted by molar-refractivity contribution is 0.746. The van der Waals surface area contributed by atoms with E-state index in [2.05, 4.69) is 22.6 Å². The van der Waals surface area contributed by atoms with Crippen LogP contribution in [-0.2, 0) is 4.75 Å². The van der Waals surface area contributed by atoms with Crippen molar-refractivity contribution in [1.29, 1.82) is 0 Å². The van der Waals surface area contributed by atoms with Crippen LogP contribution in [0.25, 0.3) is 0 Å². The van der Waals surface area contributed by atoms with Crippen molar-refractivity contribution in [2.45, 2.75) is 18.6 Å². The summed E-state index contributed by atoms with van der Waals surface area (Å²) in [5.74, 6) is 0. The molecule has 1 aromatic rings. The van der Waals surface area contributed by atoms with Crippen molar-refractivity contribution < 1.29 is 0 Å². The van der Waals surface area contributed by atoms with Crippen molar-refractivity contribution >= 4 is 12.6 Å². The topological polar surface area (TPSA) is 25.8 Å². The summed E-state index contributed by atoms with van der Waals surface area (Å²) in [6.07, 6.45) is 5.06. The SMILES string of the molecule is CC(C)(S)c1cnccn1. The molecule has 0 aliphatic heterocycles. The fourth-order valence-corrected chi connectivity index (χ4v) is 0.730. The van der Waals surface area contributed by atoms with Crippen molar-refractivity contribution in [2.24, 2.45) is 0 Å². The second-order valence-corrected chi connectivity index (χ2v) is 3.77. The van der Waals surface area contributed by atoms with Crippen LogP contribution >= 0.6 is 12.6 Å². The van der Waals surface area contributed by atoms with Crippen LogP contribution in [0.1, 0.15) is 19.5 Å². The Balaban J connectivity index is 2.97. The molecular weight excluding hydrogens is 144 g/mol. The van der Waals surface area contributed by atoms with Gasteiger partial charge in [-0.15, -0.1) is 0 Å². The molecule has 1 heterocycles. The highest BCUT2D eigenvalue weighted by Gasteiger charge is 2.15. The molecule has 3 heteroatoms. The van der Waals surface area contributed by atoms with Crippen LogP contribution in [-0.4, -0.2) is 9.97 Å². The molecule has 0 aromatic carbocycles. The second kappa shape index (κ2) is 2.58. The van der Waals surface area contributed by atoms with Crippen molar-refractivity contribution in [3.05, 3.63) is 24.3 Å². The van der Waals surface area contributed by atoms with Gasteiger partial charge >= 0.3 is 0 Å². The minimum Gasteiger partial charge on any atom is -0.261 e. The van der Waals surface area contributed by atoms with Gasteiger partial charge in [-0.05, 0) is 13.8 Å². The molecule has 0 saturated carbocycles. The molecule has 0 unspecified atom stereocenters. The average Bonchev–Trinajstić information content (AvgIpc) is 1.88. The molecule has 1 aromatic heterocycles. The summed E-state index contributed by atoms with van der Waals surface area (Å²) in [7, 11) is 0. The Kier molecular flexibility index (Phi) is 1.94. The molecule has 0 atom stereocenters. The fourth-order valence-electron chi connectivity index (χ4n) is 0.615. The first kappa shape index (κ1) is 7.54. The van der Waals surface area contributed by atoms with Gasteiger partial charge in [0.1, 0.15) is 0 Å². The van der Waals surface area contributed by atoms with Gasteiger partial charge in [0.2, 0.25) is 0 Å². The van der Waals surface area contributed by atoms with Crippen LogP contribution in [0.2, 0.25) is 0 Å². The van der Waals surface area contributed by atoms with Crippen molar-refractivity contribution in [3.8, 4) is 0 Å². The maximum Gasteiger partial charge on any atom is 0.0739 e. The third kappa shape index (κ3) is 1.70. The molecule has 0 spiro atoms. The summed E-state index contributed by atoms with van der Waals surface area (Å²) < 4.78 is -0.186. The molecule has 0 aliphatic rings. The number of aromatic nitrogens is 2. The van der Waals surface area contributed by atoms with Gasteiger partial charge in [-0.2, -0.15) is 12.6 Å². The van der Waals surface area contributed by atoms with E-state index < -0.39 is 0 Å². The summed E-state index contributed by atoms with van der Waals surface area (Å²) in [4.78, 5) is 8.05. The van der Waals surface area contributed by atoms with E-state index in [0.717, 1.165) is 5.69 Å². The van der Waals surface area contributed by atoms with Gasteiger partial charge in [-0.1, -0.05) is 0 Å². The molecule has 0 saturated heterocycles. The predicted octanol–water partition coefficient (Wildman–Crippen LogP) is 1.64. The average molecular weight is 154 g/mol. The summed E-state index contributed by atoms with van der Waals surface area (Å²) in [6.45, 7) is 3.97. The van der Waals surface area contributed by atoms with Gasteiger partial charge in [0.25, 0.3) is 0 Å². The van der Waals surface area contributed by atoms with Gasteiger partial charge < -0.3 is 0 Å². The van der Waals surface area contributed by atoms with Crippen LogP contribution in [0, 0.1) is 0 Å². The molecule has 0 radical (unpaired) electrons. The first-order valence-corrected chi connectivity index (χ1v) is 3.54. The third-order valence-corrected chi connectivity index (χ3v) is 1.42. The molecule has 0 fully saturated rings. The van der Waals surface area contributed by atoms with E-state index in [-0.39, 0.29) is 4.75 Å². The zero-order valence-corrected chi connectivity index (χ0v) is 6.97. The summed E-state index contributed by atoms with van der Waals surface area (Å²) in [5, 5.41) is 0. The lowest BCUT2D eigenvalue weighted by Gasteiger charge is -2.14. The van der Waals surface area contributed by atoms with Crippen LogP contribution in [0.3, 0.4) is 0 Å². The van der Waals surface area contributed by atoms with E-state index in [9.17, 15) is 0 Å². The Bertz CT molecular complexity index is 203. The van der Waals surface area contributed by atoms with Gasteiger partial charge in [0.15, 0.2) is 0 Å². The zero-order valence-electron chi connectivity index (χ0n) is 6.07. The maximum absolute atomic E-state index is 4.34. The van der Waals surface area contributed by atoms with Crippen LogP contribution in [0.15, 0.2) is 18.6 Å². The first-order valence-electron chi connectivity index (χ1n) is 3.09. The normalized spacial score (nSPS) is 11.5. The number of hydrogen-bond acceptors (Lipinski definition) is 3. The van der Waals surface area contributed by atoms with E-state index in [1.54, 1.807) is 18.6 Å². The Morgan fingerprint density at radius 3 is 2.40 bits per heavy atom. The van der Waals surface area contributed by atoms with Gasteiger partial charge in [0.05, 0.1) is 10.4 Å². The van der Waals surface area contributed by atoms with Crippen molar-refractivity contribution in [1.82, 2.24) is 9.97 Å². The zero-order chi connectivity index (χ0) is 7.61. The number of nitrogens with zero attached hydrogens (tertiary/aromatic N) is 2. The minimum atomic E-state index is -0.186. The fraction of sp³-hybridized carbons (Fsp3) is 0.429. The smallest absolute Gasteiger partial charge is 0.0739 e. The summed E-state index contributed by atoms with van der Waals surface area (Å²) in [6, 6.07) is 0. The van der Waals surface area contributed by atoms with Crippen LogP contribution in [0.5, 0.6) is 0 Å². The van der Waals surface area contributed by atoms with E-state index in [1.165, 1.54) is 0 Å². The van der Waals surface area contributed by atoms with E-state index in [4.69, 9.17) is 0 Å². The lowest BCUT2D eigenvalue weighted by atomic mass is 10.1. The molecule has 54 valence electrons. The van der Waals surface area contributed by atoms with Crippen molar-refractivity contribution in [3.63, 3.8) is 0 Å². The Morgan fingerprint density at radius 2 is 2.10 bits per heavy atom. The summed E-state index contributed by atoms with van der Waals surface area (Å²) in [5.41, 5.74) is 0.901. The number of thiol groups is 1. The highest BCUT2D eigenvalue weighted by molar-refractivity contribution is 7.81. The van der Waals surface area contributed by atoms with Gasteiger partial charge in [-0.25, -0.2) is 0 Å². The predicted molar refractivity (Wildman–Crippen MR) is 44.0 cm³/mol. The molecule has 1 rings (SSSR count). The molecule has 10 heavy (non-hydrogen) atoms. The van der Waals surface area contributed by atoms with Crippen molar-refractivity contribution in [2.75, 3.05) is 0 Å². The minimum absolute atomic E-state index is 0.186. The molecule has 0 N–H and O–H groups in total. The highest BCUT2D eigenvalue weighted by Crippen LogP contribution is 2.23. The maximum atomic E-state index is 4.34. The van der Waals surface area contributed by atoms with Gasteiger partial charge in [0, 0.05) is 18.6 Å². The Hall–Kier alpha value is -0.570. The summed E-state index contributed by atoms with van der Waals surface area (Å²) >= 11 is 4.34. The largest absolute Gasteiger partial charge is 0.261 e. The molecule has 0 aliphatic carbocycles. The quantitative estimate of drug-likeness (QED) is 0.622. The first-order chi connectivity index (χ1) is 4.61. The van der Waals surface area contributed by atoms with E-state index >= 15 is 0 Å². The molecular formula is C7H10N2S. The Morgan fingerprint density at radius 1 is 1.40 bits per heavy atom. The third-order valence-electron chi connectivity index (χ3n) is 1.19. The molecule has 0 bridgehead atoms. The van der Waals surface area contributed by atoms with Crippen LogP contribution in [0.4, 0.5) is 0 Å². The van der Waals surface area contributed by atoms with Gasteiger partial charge in [-0.3, -0.25) is 9.97 Å². The lowest BCUT2D eigenvalue weighted by Crippen LogP contribution is -2.09. The second-order valence-electron chi connectivity index (χ2n) is 2.65. The molecule has 0 amide bonds. The number of rotatable bonds is 1. The van der Waals surface area contributed by atoms with E-state index in [0.29, 0.717) is 0 Å². The van der Waals surface area contributed by atoms with Crippen LogP contribution < -0.4 is 0 Å². The Labute approximate surface area is 66.1 Å². The monoisotopic (exact) mass is 154 g/mol. The van der Waals surface area contributed by atoms with E-state index in [1.807, 2.05) is 13.8 Å². The number of hydrogen-bond donors (Lipinski definition) is 1. The standard InChI is InChI=1S/C7H10N2S/c1-7(2,10)6-5-8-3-4-9-6/h3-5,10H,1-2H3. The highest BCUT2D eigenvalue weighted by atomic mass is 32.1.